The lowest BCUT2D eigenvalue weighted by atomic mass is 10.2. The van der Waals surface area contributed by atoms with Gasteiger partial charge in [-0.15, -0.1) is 0 Å². The third-order valence-electron chi connectivity index (χ3n) is 3.58. The summed E-state index contributed by atoms with van der Waals surface area (Å²) in [5.74, 6) is 0.116. The lowest BCUT2D eigenvalue weighted by Gasteiger charge is -2.20. The minimum Gasteiger partial charge on any atom is -0.497 e. The number of rotatable bonds is 7. The van der Waals surface area contributed by atoms with Crippen LogP contribution in [0.1, 0.15) is 12.5 Å². The van der Waals surface area contributed by atoms with E-state index in [1.807, 2.05) is 36.1 Å². The van der Waals surface area contributed by atoms with Gasteiger partial charge in [-0.2, -0.15) is 0 Å². The number of nitrogens with one attached hydrogen (secondary N) is 1. The summed E-state index contributed by atoms with van der Waals surface area (Å²) < 4.78 is 18.3. The number of ether oxygens (including phenoxy) is 1. The number of halogens is 2. The van der Waals surface area contributed by atoms with Crippen molar-refractivity contribution in [3.05, 3.63) is 58.9 Å². The molecule has 0 saturated carbocycles. The molecule has 0 atom stereocenters. The van der Waals surface area contributed by atoms with E-state index in [1.54, 1.807) is 7.11 Å². The number of hydrogen-bond donors (Lipinski definition) is 1. The number of carbonyl (C=O) groups is 1. The van der Waals surface area contributed by atoms with Crippen LogP contribution in [0, 0.1) is 5.82 Å². The van der Waals surface area contributed by atoms with Crippen LogP contribution in [0.4, 0.5) is 10.1 Å². The summed E-state index contributed by atoms with van der Waals surface area (Å²) in [6.07, 6.45) is 0. The van der Waals surface area contributed by atoms with Crippen LogP contribution in [0.15, 0.2) is 42.5 Å². The van der Waals surface area contributed by atoms with E-state index in [1.165, 1.54) is 18.2 Å². The first-order chi connectivity index (χ1) is 11.5. The molecule has 2 rings (SSSR count). The van der Waals surface area contributed by atoms with Crippen LogP contribution in [0.5, 0.6) is 5.75 Å². The van der Waals surface area contributed by atoms with E-state index >= 15 is 0 Å². The van der Waals surface area contributed by atoms with Gasteiger partial charge in [0.2, 0.25) is 5.91 Å². The van der Waals surface area contributed by atoms with E-state index in [9.17, 15) is 9.18 Å². The minimum absolute atomic E-state index is 0.0154. The van der Waals surface area contributed by atoms with Crippen molar-refractivity contribution in [1.82, 2.24) is 4.90 Å². The normalized spacial score (nSPS) is 10.7. The summed E-state index contributed by atoms with van der Waals surface area (Å²) in [7, 11) is 1.62. The fraction of sp³-hybridized carbons (Fsp3) is 0.278. The molecule has 0 radical (unpaired) electrons. The highest BCUT2D eigenvalue weighted by molar-refractivity contribution is 6.31. The van der Waals surface area contributed by atoms with Crippen LogP contribution < -0.4 is 10.1 Å². The highest BCUT2D eigenvalue weighted by atomic mass is 35.5. The molecular weight excluding hydrogens is 331 g/mol. The zero-order chi connectivity index (χ0) is 17.5. The number of carbonyl (C=O) groups excluding carboxylic acids is 1. The second kappa shape index (κ2) is 8.66. The van der Waals surface area contributed by atoms with Crippen LogP contribution in [-0.2, 0) is 11.3 Å². The van der Waals surface area contributed by atoms with Crippen LogP contribution in [0.3, 0.4) is 0 Å². The van der Waals surface area contributed by atoms with Gasteiger partial charge in [0.1, 0.15) is 11.6 Å². The van der Waals surface area contributed by atoms with Crippen molar-refractivity contribution in [3.8, 4) is 5.75 Å². The molecule has 0 spiro atoms. The molecule has 1 N–H and O–H groups in total. The van der Waals surface area contributed by atoms with Gasteiger partial charge in [-0.1, -0.05) is 30.7 Å². The molecular formula is C18H20ClFN2O2. The average molecular weight is 351 g/mol. The van der Waals surface area contributed by atoms with Gasteiger partial charge in [0.25, 0.3) is 0 Å². The minimum atomic E-state index is -0.510. The summed E-state index contributed by atoms with van der Waals surface area (Å²) in [4.78, 5) is 14.2. The first-order valence-corrected chi connectivity index (χ1v) is 7.99. The predicted molar refractivity (Wildman–Crippen MR) is 94.0 cm³/mol. The lowest BCUT2D eigenvalue weighted by molar-refractivity contribution is -0.117. The van der Waals surface area contributed by atoms with E-state index in [4.69, 9.17) is 16.3 Å². The van der Waals surface area contributed by atoms with Gasteiger partial charge < -0.3 is 10.1 Å². The maximum atomic E-state index is 13.1. The van der Waals surface area contributed by atoms with Crippen molar-refractivity contribution in [1.29, 1.82) is 0 Å². The lowest BCUT2D eigenvalue weighted by Crippen LogP contribution is -2.32. The van der Waals surface area contributed by atoms with Crippen LogP contribution in [-0.4, -0.2) is 31.0 Å². The van der Waals surface area contributed by atoms with Gasteiger partial charge in [0, 0.05) is 12.2 Å². The van der Waals surface area contributed by atoms with Crippen molar-refractivity contribution < 1.29 is 13.9 Å². The fourth-order valence-corrected chi connectivity index (χ4v) is 2.43. The molecule has 2 aromatic carbocycles. The quantitative estimate of drug-likeness (QED) is 0.822. The van der Waals surface area contributed by atoms with Gasteiger partial charge in [0.05, 0.1) is 18.7 Å². The number of anilines is 1. The molecule has 0 aliphatic carbocycles. The second-order valence-electron chi connectivity index (χ2n) is 5.33. The molecule has 1 amide bonds. The third kappa shape index (κ3) is 5.22. The molecule has 6 heteroatoms. The molecule has 4 nitrogen and oxygen atoms in total. The zero-order valence-corrected chi connectivity index (χ0v) is 14.4. The molecule has 0 unspecified atom stereocenters. The van der Waals surface area contributed by atoms with Crippen LogP contribution in [0.2, 0.25) is 5.02 Å². The number of amides is 1. The van der Waals surface area contributed by atoms with Crippen molar-refractivity contribution in [2.24, 2.45) is 0 Å². The maximum absolute atomic E-state index is 13.1. The Labute approximate surface area is 146 Å². The van der Waals surface area contributed by atoms with Crippen molar-refractivity contribution >= 4 is 23.2 Å². The topological polar surface area (TPSA) is 41.6 Å². The molecule has 0 aliphatic heterocycles. The monoisotopic (exact) mass is 350 g/mol. The fourth-order valence-electron chi connectivity index (χ4n) is 2.25. The zero-order valence-electron chi connectivity index (χ0n) is 13.7. The first-order valence-electron chi connectivity index (χ1n) is 7.62. The number of hydrogen-bond acceptors (Lipinski definition) is 3. The van der Waals surface area contributed by atoms with Gasteiger partial charge in [-0.25, -0.2) is 4.39 Å². The summed E-state index contributed by atoms with van der Waals surface area (Å²) in [5.41, 5.74) is 1.57. The summed E-state index contributed by atoms with van der Waals surface area (Å²) in [6.45, 7) is 3.60. The number of methoxy groups -OCH3 is 1. The highest BCUT2D eigenvalue weighted by Crippen LogP contribution is 2.19. The molecule has 0 heterocycles. The Morgan fingerprint density at radius 3 is 2.54 bits per heavy atom. The van der Waals surface area contributed by atoms with Crippen molar-refractivity contribution in [3.63, 3.8) is 0 Å². The molecule has 24 heavy (non-hydrogen) atoms. The summed E-state index contributed by atoms with van der Waals surface area (Å²) in [6, 6.07) is 11.8. The van der Waals surface area contributed by atoms with Crippen molar-refractivity contribution in [2.45, 2.75) is 13.5 Å². The van der Waals surface area contributed by atoms with Crippen LogP contribution >= 0.6 is 11.6 Å². The molecule has 0 fully saturated rings. The molecule has 128 valence electrons. The summed E-state index contributed by atoms with van der Waals surface area (Å²) >= 11 is 5.72. The predicted octanol–water partition coefficient (Wildman–Crippen LogP) is 3.95. The Balaban J connectivity index is 1.93. The average Bonchev–Trinajstić information content (AvgIpc) is 2.58. The van der Waals surface area contributed by atoms with E-state index in [0.717, 1.165) is 17.9 Å². The van der Waals surface area contributed by atoms with E-state index in [2.05, 4.69) is 5.32 Å². The molecule has 2 aromatic rings. The van der Waals surface area contributed by atoms with E-state index in [0.29, 0.717) is 12.2 Å². The SMILES string of the molecule is CCN(CC(=O)Nc1ccc(F)c(Cl)c1)Cc1ccc(OC)cc1. The first kappa shape index (κ1) is 18.2. The van der Waals surface area contributed by atoms with Crippen LogP contribution in [0.25, 0.3) is 0 Å². The standard InChI is InChI=1S/C18H20ClFN2O2/c1-3-22(11-13-4-7-15(24-2)8-5-13)12-18(23)21-14-6-9-17(20)16(19)10-14/h4-10H,3,11-12H2,1-2H3,(H,21,23). The molecule has 0 bridgehead atoms. The van der Waals surface area contributed by atoms with E-state index in [-0.39, 0.29) is 17.5 Å². The van der Waals surface area contributed by atoms with Gasteiger partial charge >= 0.3 is 0 Å². The number of nitrogens with zero attached hydrogens (tertiary/aromatic N) is 1. The van der Waals surface area contributed by atoms with Crippen molar-refractivity contribution in [2.75, 3.05) is 25.5 Å². The Kier molecular flexibility index (Phi) is 6.58. The molecule has 0 saturated heterocycles. The smallest absolute Gasteiger partial charge is 0.238 e. The Hall–Kier alpha value is -2.11. The second-order valence-corrected chi connectivity index (χ2v) is 5.74. The maximum Gasteiger partial charge on any atom is 0.238 e. The summed E-state index contributed by atoms with van der Waals surface area (Å²) in [5, 5.41) is 2.71. The largest absolute Gasteiger partial charge is 0.497 e. The highest BCUT2D eigenvalue weighted by Gasteiger charge is 2.11. The van der Waals surface area contributed by atoms with Gasteiger partial charge in [0.15, 0.2) is 0 Å². The van der Waals surface area contributed by atoms with E-state index < -0.39 is 5.82 Å². The Morgan fingerprint density at radius 2 is 1.96 bits per heavy atom. The van der Waals surface area contributed by atoms with Gasteiger partial charge in [-0.05, 0) is 42.4 Å². The number of benzene rings is 2. The molecule has 0 aliphatic rings. The van der Waals surface area contributed by atoms with Gasteiger partial charge in [-0.3, -0.25) is 9.69 Å². The Morgan fingerprint density at radius 1 is 1.25 bits per heavy atom. The third-order valence-corrected chi connectivity index (χ3v) is 3.87. The molecule has 0 aromatic heterocycles. The Bertz CT molecular complexity index is 692. The number of likely N-dealkylation sites (N-methyl/N-ethyl adjacent to an activating group) is 1.